The summed E-state index contributed by atoms with van der Waals surface area (Å²) in [5, 5.41) is 0. The van der Waals surface area contributed by atoms with Gasteiger partial charge in [0.05, 0.1) is 23.7 Å². The van der Waals surface area contributed by atoms with Crippen molar-refractivity contribution in [2.24, 2.45) is 7.05 Å². The van der Waals surface area contributed by atoms with Crippen molar-refractivity contribution >= 4 is 15.7 Å². The van der Waals surface area contributed by atoms with Gasteiger partial charge in [-0.1, -0.05) is 30.3 Å². The van der Waals surface area contributed by atoms with Crippen LogP contribution in [-0.4, -0.2) is 23.5 Å². The molecular formula is C20H22FN3O3S. The van der Waals surface area contributed by atoms with Gasteiger partial charge in [-0.05, 0) is 43.7 Å². The lowest BCUT2D eigenvalue weighted by Gasteiger charge is -2.22. The zero-order chi connectivity index (χ0) is 20.5. The summed E-state index contributed by atoms with van der Waals surface area (Å²) < 4.78 is 43.1. The van der Waals surface area contributed by atoms with Crippen molar-refractivity contribution in [1.29, 1.82) is 0 Å². The first-order chi connectivity index (χ1) is 13.3. The monoisotopic (exact) mass is 403 g/mol. The predicted octanol–water partition coefficient (Wildman–Crippen LogP) is 2.98. The number of anilines is 1. The van der Waals surface area contributed by atoms with E-state index >= 15 is 0 Å². The van der Waals surface area contributed by atoms with Gasteiger partial charge >= 0.3 is 0 Å². The molecule has 148 valence electrons. The fourth-order valence-electron chi connectivity index (χ4n) is 3.07. The molecule has 0 N–H and O–H groups in total. The van der Waals surface area contributed by atoms with Crippen LogP contribution in [0.1, 0.15) is 18.2 Å². The smallest absolute Gasteiger partial charge is 0.283 e. The largest absolute Gasteiger partial charge is 0.296 e. The molecule has 8 heteroatoms. The molecule has 0 radical (unpaired) electrons. The Kier molecular flexibility index (Phi) is 5.42. The molecule has 1 heterocycles. The molecule has 0 saturated carbocycles. The number of rotatable bonds is 6. The molecule has 0 atom stereocenters. The van der Waals surface area contributed by atoms with E-state index in [1.165, 1.54) is 35.9 Å². The van der Waals surface area contributed by atoms with Gasteiger partial charge in [0.1, 0.15) is 11.5 Å². The second kappa shape index (κ2) is 7.63. The Hall–Kier alpha value is -2.87. The highest BCUT2D eigenvalue weighted by molar-refractivity contribution is 7.92. The van der Waals surface area contributed by atoms with Crippen molar-refractivity contribution in [3.63, 3.8) is 0 Å². The first kappa shape index (κ1) is 19.9. The van der Waals surface area contributed by atoms with E-state index in [0.29, 0.717) is 16.9 Å². The van der Waals surface area contributed by atoms with Gasteiger partial charge in [-0.15, -0.1) is 0 Å². The molecule has 0 bridgehead atoms. The summed E-state index contributed by atoms with van der Waals surface area (Å²) in [4.78, 5) is 13.2. The second-order valence-corrected chi connectivity index (χ2v) is 8.63. The van der Waals surface area contributed by atoms with Crippen molar-refractivity contribution < 1.29 is 12.8 Å². The standard InChI is InChI=1S/C20H22FN3O3S/c1-4-28(26,27)23(14-16-10-12-17(21)13-11-16)19-15(2)22(3)24(20(19)25)18-8-6-5-7-9-18/h5-13H,4,14H2,1-3H3. The molecule has 0 saturated heterocycles. The van der Waals surface area contributed by atoms with Crippen molar-refractivity contribution in [3.8, 4) is 5.69 Å². The van der Waals surface area contributed by atoms with E-state index in [-0.39, 0.29) is 18.0 Å². The average molecular weight is 403 g/mol. The Morgan fingerprint density at radius 3 is 2.21 bits per heavy atom. The summed E-state index contributed by atoms with van der Waals surface area (Å²) in [6.45, 7) is 3.19. The molecule has 0 aliphatic carbocycles. The van der Waals surface area contributed by atoms with Crippen LogP contribution >= 0.6 is 0 Å². The maximum absolute atomic E-state index is 13.2. The summed E-state index contributed by atoms with van der Waals surface area (Å²) in [5.41, 5.74) is 1.42. The van der Waals surface area contributed by atoms with E-state index in [9.17, 15) is 17.6 Å². The molecule has 0 unspecified atom stereocenters. The summed E-state index contributed by atoms with van der Waals surface area (Å²) in [7, 11) is -2.03. The first-order valence-corrected chi connectivity index (χ1v) is 10.5. The van der Waals surface area contributed by atoms with Gasteiger partial charge in [-0.3, -0.25) is 13.8 Å². The fourth-order valence-corrected chi connectivity index (χ4v) is 4.22. The lowest BCUT2D eigenvalue weighted by Crippen LogP contribution is -2.35. The van der Waals surface area contributed by atoms with Crippen LogP contribution in [0.5, 0.6) is 0 Å². The van der Waals surface area contributed by atoms with Crippen LogP contribution in [0.15, 0.2) is 59.4 Å². The molecule has 0 fully saturated rings. The molecule has 0 aliphatic rings. The van der Waals surface area contributed by atoms with E-state index < -0.39 is 21.4 Å². The number of benzene rings is 2. The van der Waals surface area contributed by atoms with Gasteiger partial charge in [-0.2, -0.15) is 0 Å². The van der Waals surface area contributed by atoms with Crippen LogP contribution in [0.4, 0.5) is 10.1 Å². The number of para-hydroxylation sites is 1. The minimum absolute atomic E-state index is 0.0503. The average Bonchev–Trinajstić information content (AvgIpc) is 2.91. The Balaban J connectivity index is 2.18. The Bertz CT molecular complexity index is 1130. The summed E-state index contributed by atoms with van der Waals surface area (Å²) in [6, 6.07) is 14.6. The van der Waals surface area contributed by atoms with Gasteiger partial charge in [0.2, 0.25) is 10.0 Å². The normalized spacial score (nSPS) is 11.6. The zero-order valence-corrected chi connectivity index (χ0v) is 16.8. The zero-order valence-electron chi connectivity index (χ0n) is 16.0. The van der Waals surface area contributed by atoms with Gasteiger partial charge in [0.15, 0.2) is 0 Å². The molecule has 0 aliphatic heterocycles. The Morgan fingerprint density at radius 1 is 1.04 bits per heavy atom. The highest BCUT2D eigenvalue weighted by atomic mass is 32.2. The second-order valence-electron chi connectivity index (χ2n) is 6.44. The van der Waals surface area contributed by atoms with Crippen LogP contribution in [0.3, 0.4) is 0 Å². The number of nitrogens with zero attached hydrogens (tertiary/aromatic N) is 3. The molecule has 2 aromatic carbocycles. The highest BCUT2D eigenvalue weighted by Crippen LogP contribution is 2.24. The number of sulfonamides is 1. The van der Waals surface area contributed by atoms with Crippen molar-refractivity contribution in [1.82, 2.24) is 9.36 Å². The van der Waals surface area contributed by atoms with Crippen LogP contribution in [-0.2, 0) is 23.6 Å². The molecule has 0 spiro atoms. The molecule has 1 aromatic heterocycles. The van der Waals surface area contributed by atoms with Crippen LogP contribution in [0.25, 0.3) is 5.69 Å². The third-order valence-corrected chi connectivity index (χ3v) is 6.43. The van der Waals surface area contributed by atoms with Crippen molar-refractivity contribution in [2.75, 3.05) is 10.1 Å². The van der Waals surface area contributed by atoms with Gasteiger partial charge in [0.25, 0.3) is 5.56 Å². The van der Waals surface area contributed by atoms with Crippen LogP contribution in [0.2, 0.25) is 0 Å². The van der Waals surface area contributed by atoms with Gasteiger partial charge in [0, 0.05) is 7.05 Å². The number of hydrogen-bond acceptors (Lipinski definition) is 3. The Labute approximate surface area is 163 Å². The van der Waals surface area contributed by atoms with Crippen molar-refractivity contribution in [2.45, 2.75) is 20.4 Å². The minimum Gasteiger partial charge on any atom is -0.283 e. The summed E-state index contributed by atoms with van der Waals surface area (Å²) in [6.07, 6.45) is 0. The van der Waals surface area contributed by atoms with E-state index in [1.54, 1.807) is 30.8 Å². The maximum Gasteiger partial charge on any atom is 0.296 e. The topological polar surface area (TPSA) is 64.3 Å². The van der Waals surface area contributed by atoms with Crippen LogP contribution < -0.4 is 9.86 Å². The highest BCUT2D eigenvalue weighted by Gasteiger charge is 2.29. The lowest BCUT2D eigenvalue weighted by atomic mass is 10.2. The number of aromatic nitrogens is 2. The van der Waals surface area contributed by atoms with E-state index in [4.69, 9.17) is 0 Å². The molecular weight excluding hydrogens is 381 g/mol. The SMILES string of the molecule is CCS(=O)(=O)N(Cc1ccc(F)cc1)c1c(C)n(C)n(-c2ccccc2)c1=O. The molecule has 0 amide bonds. The summed E-state index contributed by atoms with van der Waals surface area (Å²) >= 11 is 0. The van der Waals surface area contributed by atoms with Gasteiger partial charge in [-0.25, -0.2) is 17.5 Å². The third kappa shape index (κ3) is 3.60. The molecule has 6 nitrogen and oxygen atoms in total. The minimum atomic E-state index is -3.74. The number of halogens is 1. The van der Waals surface area contributed by atoms with E-state index in [0.717, 1.165) is 4.31 Å². The van der Waals surface area contributed by atoms with Crippen LogP contribution in [0, 0.1) is 12.7 Å². The maximum atomic E-state index is 13.2. The van der Waals surface area contributed by atoms with E-state index in [2.05, 4.69) is 0 Å². The summed E-state index contributed by atoms with van der Waals surface area (Å²) in [5.74, 6) is -0.566. The number of hydrogen-bond donors (Lipinski definition) is 0. The first-order valence-electron chi connectivity index (χ1n) is 8.85. The van der Waals surface area contributed by atoms with Gasteiger partial charge < -0.3 is 0 Å². The van der Waals surface area contributed by atoms with E-state index in [1.807, 2.05) is 18.2 Å². The molecule has 3 aromatic rings. The van der Waals surface area contributed by atoms with Crippen molar-refractivity contribution in [3.05, 3.63) is 82.0 Å². The predicted molar refractivity (Wildman–Crippen MR) is 108 cm³/mol. The molecule has 28 heavy (non-hydrogen) atoms. The Morgan fingerprint density at radius 2 is 1.64 bits per heavy atom. The quantitative estimate of drug-likeness (QED) is 0.636. The fraction of sp³-hybridized carbons (Fsp3) is 0.250. The molecule has 3 rings (SSSR count). The third-order valence-electron chi connectivity index (χ3n) is 4.71. The lowest BCUT2D eigenvalue weighted by molar-refractivity contribution is 0.591.